The zero-order valence-corrected chi connectivity index (χ0v) is 7.85. The van der Waals surface area contributed by atoms with Gasteiger partial charge in [0.2, 0.25) is 5.91 Å². The summed E-state index contributed by atoms with van der Waals surface area (Å²) in [6.45, 7) is 1.70. The summed E-state index contributed by atoms with van der Waals surface area (Å²) in [6.07, 6.45) is 0.331. The molecule has 0 aliphatic carbocycles. The van der Waals surface area contributed by atoms with Gasteiger partial charge in [-0.25, -0.2) is 4.98 Å². The first-order chi connectivity index (χ1) is 6.24. The van der Waals surface area contributed by atoms with E-state index in [1.807, 2.05) is 0 Å². The van der Waals surface area contributed by atoms with E-state index in [0.717, 1.165) is 0 Å². The highest BCUT2D eigenvalue weighted by Gasteiger charge is 2.07. The number of hydrogen-bond acceptors (Lipinski definition) is 4. The van der Waals surface area contributed by atoms with Crippen LogP contribution in [0.25, 0.3) is 0 Å². The average Bonchev–Trinajstić information content (AvgIpc) is 2.66. The summed E-state index contributed by atoms with van der Waals surface area (Å²) in [7, 11) is 0. The quantitative estimate of drug-likeness (QED) is 0.673. The van der Waals surface area contributed by atoms with Crippen molar-refractivity contribution in [3.63, 3.8) is 0 Å². The summed E-state index contributed by atoms with van der Waals surface area (Å²) in [5, 5.41) is 1.60. The summed E-state index contributed by atoms with van der Waals surface area (Å²) in [6, 6.07) is 0. The van der Waals surface area contributed by atoms with Crippen LogP contribution in [-0.4, -0.2) is 16.8 Å². The van der Waals surface area contributed by atoms with Gasteiger partial charge < -0.3 is 0 Å². The molecule has 1 heterocycles. The molecule has 6 heteroatoms. The highest BCUT2D eigenvalue weighted by Crippen LogP contribution is 1.99. The largest absolute Gasteiger partial charge is 0.289 e. The molecule has 0 atom stereocenters. The first kappa shape index (κ1) is 9.66. The van der Waals surface area contributed by atoms with Gasteiger partial charge in [-0.3, -0.25) is 20.4 Å². The fourth-order valence-corrected chi connectivity index (χ4v) is 1.14. The molecule has 0 radical (unpaired) electrons. The molecule has 0 unspecified atom stereocenters. The fourth-order valence-electron chi connectivity index (χ4n) is 0.604. The highest BCUT2D eigenvalue weighted by atomic mass is 32.1. The van der Waals surface area contributed by atoms with E-state index < -0.39 is 5.91 Å². The number of carbonyl (C=O) groups is 2. The fraction of sp³-hybridized carbons (Fsp3) is 0.286. The van der Waals surface area contributed by atoms with Gasteiger partial charge in [0.1, 0.15) is 5.69 Å². The Hall–Kier alpha value is -1.43. The number of hydrogen-bond donors (Lipinski definition) is 2. The topological polar surface area (TPSA) is 71.1 Å². The van der Waals surface area contributed by atoms with Crippen molar-refractivity contribution >= 4 is 23.2 Å². The second-order valence-electron chi connectivity index (χ2n) is 2.23. The Morgan fingerprint density at radius 1 is 1.54 bits per heavy atom. The molecular weight excluding hydrogens is 190 g/mol. The van der Waals surface area contributed by atoms with Gasteiger partial charge in [0.05, 0.1) is 5.51 Å². The summed E-state index contributed by atoms with van der Waals surface area (Å²) >= 11 is 1.32. The minimum atomic E-state index is -0.400. The van der Waals surface area contributed by atoms with Crippen molar-refractivity contribution in [1.29, 1.82) is 0 Å². The minimum Gasteiger partial charge on any atom is -0.273 e. The van der Waals surface area contributed by atoms with Crippen LogP contribution in [0.5, 0.6) is 0 Å². The Kier molecular flexibility index (Phi) is 3.39. The molecule has 2 amide bonds. The third-order valence-electron chi connectivity index (χ3n) is 1.30. The maximum Gasteiger partial charge on any atom is 0.289 e. The SMILES string of the molecule is CCC(=O)NNC(=O)c1cscn1. The van der Waals surface area contributed by atoms with Gasteiger partial charge in [-0.2, -0.15) is 0 Å². The summed E-state index contributed by atoms with van der Waals surface area (Å²) in [4.78, 5) is 25.7. The number of aromatic nitrogens is 1. The van der Waals surface area contributed by atoms with Crippen LogP contribution in [0.1, 0.15) is 23.8 Å². The molecule has 1 aromatic rings. The molecule has 0 aliphatic rings. The van der Waals surface area contributed by atoms with Gasteiger partial charge in [0.25, 0.3) is 5.91 Å². The first-order valence-electron chi connectivity index (χ1n) is 3.71. The van der Waals surface area contributed by atoms with Crippen LogP contribution in [0.2, 0.25) is 0 Å². The lowest BCUT2D eigenvalue weighted by atomic mass is 10.4. The van der Waals surface area contributed by atoms with Crippen molar-refractivity contribution in [2.75, 3.05) is 0 Å². The Morgan fingerprint density at radius 2 is 2.31 bits per heavy atom. The van der Waals surface area contributed by atoms with Crippen molar-refractivity contribution in [2.24, 2.45) is 0 Å². The predicted octanol–water partition coefficient (Wildman–Crippen LogP) is 0.314. The number of nitrogens with zero attached hydrogens (tertiary/aromatic N) is 1. The van der Waals surface area contributed by atoms with Gasteiger partial charge in [0, 0.05) is 11.8 Å². The second-order valence-corrected chi connectivity index (χ2v) is 2.95. The average molecular weight is 199 g/mol. The number of hydrazine groups is 1. The molecule has 0 saturated heterocycles. The molecule has 0 bridgehead atoms. The third-order valence-corrected chi connectivity index (χ3v) is 1.89. The molecular formula is C7H9N3O2S. The number of nitrogens with one attached hydrogen (secondary N) is 2. The monoisotopic (exact) mass is 199 g/mol. The van der Waals surface area contributed by atoms with E-state index in [4.69, 9.17) is 0 Å². The number of carbonyl (C=O) groups excluding carboxylic acids is 2. The smallest absolute Gasteiger partial charge is 0.273 e. The molecule has 0 spiro atoms. The Labute approximate surface area is 79.1 Å². The van der Waals surface area contributed by atoms with Crippen molar-refractivity contribution < 1.29 is 9.59 Å². The standard InChI is InChI=1S/C7H9N3O2S/c1-2-6(11)9-10-7(12)5-3-13-4-8-5/h3-4H,2H2,1H3,(H,9,11)(H,10,12). The van der Waals surface area contributed by atoms with E-state index in [9.17, 15) is 9.59 Å². The number of amides is 2. The van der Waals surface area contributed by atoms with Crippen molar-refractivity contribution in [2.45, 2.75) is 13.3 Å². The van der Waals surface area contributed by atoms with Gasteiger partial charge >= 0.3 is 0 Å². The molecule has 70 valence electrons. The van der Waals surface area contributed by atoms with Crippen LogP contribution in [-0.2, 0) is 4.79 Å². The Balaban J connectivity index is 2.39. The number of thiazole rings is 1. The molecule has 1 rings (SSSR count). The highest BCUT2D eigenvalue weighted by molar-refractivity contribution is 7.07. The van der Waals surface area contributed by atoms with Gasteiger partial charge in [0.15, 0.2) is 0 Å². The molecule has 0 saturated carbocycles. The molecule has 2 N–H and O–H groups in total. The van der Waals surface area contributed by atoms with Crippen LogP contribution < -0.4 is 10.9 Å². The second kappa shape index (κ2) is 4.56. The van der Waals surface area contributed by atoms with Crippen LogP contribution in [0.4, 0.5) is 0 Å². The summed E-state index contributed by atoms with van der Waals surface area (Å²) in [5.74, 6) is -0.633. The van der Waals surface area contributed by atoms with Crippen LogP contribution >= 0.6 is 11.3 Å². The van der Waals surface area contributed by atoms with E-state index in [2.05, 4.69) is 15.8 Å². The molecule has 1 aromatic heterocycles. The van der Waals surface area contributed by atoms with Crippen molar-refractivity contribution in [1.82, 2.24) is 15.8 Å². The first-order valence-corrected chi connectivity index (χ1v) is 4.65. The van der Waals surface area contributed by atoms with Gasteiger partial charge in [-0.05, 0) is 0 Å². The zero-order chi connectivity index (χ0) is 9.68. The minimum absolute atomic E-state index is 0.233. The van der Waals surface area contributed by atoms with Crippen LogP contribution in [0.15, 0.2) is 10.9 Å². The van der Waals surface area contributed by atoms with Gasteiger partial charge in [-0.1, -0.05) is 6.92 Å². The van der Waals surface area contributed by atoms with Crippen LogP contribution in [0.3, 0.4) is 0 Å². The Bertz CT molecular complexity index is 297. The Morgan fingerprint density at radius 3 is 2.85 bits per heavy atom. The summed E-state index contributed by atoms with van der Waals surface area (Å²) < 4.78 is 0. The zero-order valence-electron chi connectivity index (χ0n) is 7.03. The molecule has 13 heavy (non-hydrogen) atoms. The molecule has 5 nitrogen and oxygen atoms in total. The van der Waals surface area contributed by atoms with E-state index in [1.165, 1.54) is 11.3 Å². The third kappa shape index (κ3) is 2.83. The normalized spacial score (nSPS) is 9.31. The van der Waals surface area contributed by atoms with Gasteiger partial charge in [-0.15, -0.1) is 11.3 Å². The molecule has 0 fully saturated rings. The van der Waals surface area contributed by atoms with Crippen molar-refractivity contribution in [3.8, 4) is 0 Å². The summed E-state index contributed by atoms with van der Waals surface area (Å²) in [5.41, 5.74) is 6.35. The maximum atomic E-state index is 11.1. The molecule has 0 aromatic carbocycles. The van der Waals surface area contributed by atoms with Crippen LogP contribution in [0, 0.1) is 0 Å². The maximum absolute atomic E-state index is 11.1. The lowest BCUT2D eigenvalue weighted by molar-refractivity contribution is -0.121. The lowest BCUT2D eigenvalue weighted by Gasteiger charge is -2.02. The van der Waals surface area contributed by atoms with E-state index in [0.29, 0.717) is 12.1 Å². The van der Waals surface area contributed by atoms with E-state index >= 15 is 0 Å². The van der Waals surface area contributed by atoms with E-state index in [1.54, 1.807) is 17.8 Å². The van der Waals surface area contributed by atoms with Crippen molar-refractivity contribution in [3.05, 3.63) is 16.6 Å². The predicted molar refractivity (Wildman–Crippen MR) is 48.0 cm³/mol. The lowest BCUT2D eigenvalue weighted by Crippen LogP contribution is -2.41. The number of rotatable bonds is 2. The van der Waals surface area contributed by atoms with E-state index in [-0.39, 0.29) is 5.91 Å². The molecule has 0 aliphatic heterocycles.